The molecule has 0 aliphatic rings. The minimum Gasteiger partial charge on any atom is -0.358 e. The van der Waals surface area contributed by atoms with Crippen LogP contribution in [-0.4, -0.2) is 26.4 Å². The molecule has 1 aromatic heterocycles. The highest BCUT2D eigenvalue weighted by Crippen LogP contribution is 2.26. The summed E-state index contributed by atoms with van der Waals surface area (Å²) in [5, 5.41) is 13.5. The quantitative estimate of drug-likeness (QED) is 0.339. The molecular weight excluding hydrogens is 248 g/mol. The molecule has 1 rings (SSSR count). The molecule has 0 aliphatic heterocycles. The third kappa shape index (κ3) is 3.23. The van der Waals surface area contributed by atoms with Crippen LogP contribution in [0.3, 0.4) is 0 Å². The molecule has 0 radical (unpaired) electrons. The molecule has 0 amide bonds. The van der Waals surface area contributed by atoms with Gasteiger partial charge in [0.15, 0.2) is 0 Å². The highest BCUT2D eigenvalue weighted by molar-refractivity contribution is 6.18. The number of imidazole rings is 1. The van der Waals surface area contributed by atoms with Crippen molar-refractivity contribution in [2.45, 2.75) is 26.4 Å². The number of rotatable bonds is 6. The summed E-state index contributed by atoms with van der Waals surface area (Å²) >= 11 is 5.76. The van der Waals surface area contributed by atoms with E-state index in [1.807, 2.05) is 13.8 Å². The third-order valence-corrected chi connectivity index (χ3v) is 3.25. The Morgan fingerprint density at radius 1 is 1.71 bits per heavy atom. The maximum Gasteiger partial charge on any atom is 0.381 e. The SMILES string of the molecule is CC(C)(CCl)C(Cn1cnc([N+](=O)[O-])c1)N=O. The number of hydrogen-bond donors (Lipinski definition) is 0. The van der Waals surface area contributed by atoms with Gasteiger partial charge < -0.3 is 14.7 Å². The van der Waals surface area contributed by atoms with Crippen molar-refractivity contribution in [2.75, 3.05) is 5.88 Å². The molecule has 0 saturated heterocycles. The highest BCUT2D eigenvalue weighted by atomic mass is 35.5. The summed E-state index contributed by atoms with van der Waals surface area (Å²) in [6.07, 6.45) is 2.57. The van der Waals surface area contributed by atoms with E-state index < -0.39 is 16.4 Å². The zero-order valence-electron chi connectivity index (χ0n) is 9.54. The van der Waals surface area contributed by atoms with Gasteiger partial charge in [-0.15, -0.1) is 11.6 Å². The van der Waals surface area contributed by atoms with Gasteiger partial charge in [0.25, 0.3) is 0 Å². The van der Waals surface area contributed by atoms with Crippen molar-refractivity contribution in [3.8, 4) is 0 Å². The molecule has 0 spiro atoms. The van der Waals surface area contributed by atoms with E-state index in [0.29, 0.717) is 0 Å². The topological polar surface area (TPSA) is 90.4 Å². The van der Waals surface area contributed by atoms with Crippen molar-refractivity contribution in [1.29, 1.82) is 0 Å². The molecule has 94 valence electrons. The molecule has 1 heterocycles. The first-order valence-corrected chi connectivity index (χ1v) is 5.48. The van der Waals surface area contributed by atoms with E-state index in [9.17, 15) is 15.0 Å². The second kappa shape index (κ2) is 5.22. The Bertz CT molecular complexity index is 418. The fraction of sp³-hybridized carbons (Fsp3) is 0.667. The lowest BCUT2D eigenvalue weighted by molar-refractivity contribution is -0.389. The highest BCUT2D eigenvalue weighted by Gasteiger charge is 2.30. The first-order valence-electron chi connectivity index (χ1n) is 4.95. The fourth-order valence-electron chi connectivity index (χ4n) is 1.25. The van der Waals surface area contributed by atoms with Crippen LogP contribution in [0.2, 0.25) is 0 Å². The van der Waals surface area contributed by atoms with Gasteiger partial charge in [0, 0.05) is 11.3 Å². The maximum atomic E-state index is 10.8. The van der Waals surface area contributed by atoms with Gasteiger partial charge >= 0.3 is 5.82 Å². The molecule has 8 heteroatoms. The Labute approximate surface area is 103 Å². The minimum absolute atomic E-state index is 0.226. The van der Waals surface area contributed by atoms with Crippen LogP contribution in [0.5, 0.6) is 0 Å². The summed E-state index contributed by atoms with van der Waals surface area (Å²) < 4.78 is 1.47. The Morgan fingerprint density at radius 2 is 2.35 bits per heavy atom. The number of alkyl halides is 1. The smallest absolute Gasteiger partial charge is 0.358 e. The summed E-state index contributed by atoms with van der Waals surface area (Å²) in [6, 6.07) is -0.561. The lowest BCUT2D eigenvalue weighted by Gasteiger charge is -2.26. The van der Waals surface area contributed by atoms with E-state index in [-0.39, 0.29) is 18.2 Å². The second-order valence-electron chi connectivity index (χ2n) is 4.43. The molecule has 0 aliphatic carbocycles. The van der Waals surface area contributed by atoms with E-state index in [0.717, 1.165) is 0 Å². The van der Waals surface area contributed by atoms with Crippen LogP contribution in [0.4, 0.5) is 5.82 Å². The first kappa shape index (κ1) is 13.6. The van der Waals surface area contributed by atoms with Crippen molar-refractivity contribution in [2.24, 2.45) is 10.6 Å². The molecule has 1 atom stereocenters. The van der Waals surface area contributed by atoms with E-state index in [1.54, 1.807) is 0 Å². The summed E-state index contributed by atoms with van der Waals surface area (Å²) in [4.78, 5) is 24.2. The average Bonchev–Trinajstić information content (AvgIpc) is 2.74. The third-order valence-electron chi connectivity index (χ3n) is 2.56. The first-order chi connectivity index (χ1) is 7.90. The van der Waals surface area contributed by atoms with Crippen LogP contribution in [0, 0.1) is 20.4 Å². The molecule has 0 fully saturated rings. The van der Waals surface area contributed by atoms with Crippen molar-refractivity contribution in [1.82, 2.24) is 9.55 Å². The molecule has 17 heavy (non-hydrogen) atoms. The van der Waals surface area contributed by atoms with E-state index in [2.05, 4.69) is 10.2 Å². The van der Waals surface area contributed by atoms with Crippen molar-refractivity contribution in [3.63, 3.8) is 0 Å². The van der Waals surface area contributed by atoms with Crippen LogP contribution >= 0.6 is 11.6 Å². The number of halogens is 1. The zero-order chi connectivity index (χ0) is 13.1. The summed E-state index contributed by atoms with van der Waals surface area (Å²) in [7, 11) is 0. The van der Waals surface area contributed by atoms with Gasteiger partial charge in [-0.25, -0.2) is 0 Å². The van der Waals surface area contributed by atoms with Gasteiger partial charge in [-0.1, -0.05) is 19.0 Å². The van der Waals surface area contributed by atoms with Crippen molar-refractivity contribution >= 4 is 17.4 Å². The number of nitro groups is 1. The lowest BCUT2D eigenvalue weighted by Crippen LogP contribution is -2.32. The van der Waals surface area contributed by atoms with Crippen LogP contribution in [0.25, 0.3) is 0 Å². The van der Waals surface area contributed by atoms with Gasteiger partial charge in [-0.05, 0) is 9.91 Å². The standard InChI is InChI=1S/C9H13ClN4O3/c1-9(2,5-10)7(12-15)3-13-4-8(11-6-13)14(16)17/h4,6-7H,3,5H2,1-2H3. The molecule has 1 aromatic rings. The Morgan fingerprint density at radius 3 is 2.76 bits per heavy atom. The Kier molecular flexibility index (Phi) is 4.17. The average molecular weight is 261 g/mol. The van der Waals surface area contributed by atoms with E-state index in [4.69, 9.17) is 11.6 Å². The predicted molar refractivity (Wildman–Crippen MR) is 63.0 cm³/mol. The molecule has 0 saturated carbocycles. The summed E-state index contributed by atoms with van der Waals surface area (Å²) in [5.41, 5.74) is -0.470. The monoisotopic (exact) mass is 260 g/mol. The van der Waals surface area contributed by atoms with Crippen molar-refractivity contribution < 1.29 is 4.92 Å². The fourth-order valence-corrected chi connectivity index (χ4v) is 1.43. The molecular formula is C9H13ClN4O3. The van der Waals surface area contributed by atoms with E-state index >= 15 is 0 Å². The zero-order valence-corrected chi connectivity index (χ0v) is 10.3. The van der Waals surface area contributed by atoms with Gasteiger partial charge in [0.05, 0.1) is 6.54 Å². The molecule has 0 N–H and O–H groups in total. The van der Waals surface area contributed by atoms with Gasteiger partial charge in [0.1, 0.15) is 12.2 Å². The van der Waals surface area contributed by atoms with E-state index in [1.165, 1.54) is 17.1 Å². The predicted octanol–water partition coefficient (Wildman–Crippen LogP) is 2.19. The van der Waals surface area contributed by atoms with Gasteiger partial charge in [0.2, 0.25) is 6.33 Å². The largest absolute Gasteiger partial charge is 0.381 e. The molecule has 1 unspecified atom stereocenters. The normalized spacial score (nSPS) is 13.4. The summed E-state index contributed by atoms with van der Waals surface area (Å²) in [6.45, 7) is 3.86. The van der Waals surface area contributed by atoms with Crippen LogP contribution < -0.4 is 0 Å². The number of nitroso groups, excluding NO2 is 1. The van der Waals surface area contributed by atoms with Crippen molar-refractivity contribution in [3.05, 3.63) is 27.5 Å². The molecule has 7 nitrogen and oxygen atoms in total. The number of nitrogens with zero attached hydrogens (tertiary/aromatic N) is 4. The van der Waals surface area contributed by atoms with Gasteiger partial charge in [-0.2, -0.15) is 4.91 Å². The summed E-state index contributed by atoms with van der Waals surface area (Å²) in [5.74, 6) is 0.0264. The Hall–Kier alpha value is -1.50. The second-order valence-corrected chi connectivity index (χ2v) is 4.70. The lowest BCUT2D eigenvalue weighted by atomic mass is 9.87. The number of hydrogen-bond acceptors (Lipinski definition) is 5. The van der Waals surface area contributed by atoms with Crippen LogP contribution in [0.1, 0.15) is 13.8 Å². The Balaban J connectivity index is 2.81. The van der Waals surface area contributed by atoms with Gasteiger partial charge in [-0.3, -0.25) is 0 Å². The maximum absolute atomic E-state index is 10.8. The van der Waals surface area contributed by atoms with Crippen LogP contribution in [0.15, 0.2) is 17.7 Å². The van der Waals surface area contributed by atoms with Crippen LogP contribution in [-0.2, 0) is 6.54 Å². The molecule has 0 bridgehead atoms. The minimum atomic E-state index is -0.591. The molecule has 0 aromatic carbocycles. The number of aromatic nitrogens is 2.